The first-order valence-electron chi connectivity index (χ1n) is 9.25. The minimum Gasteiger partial charge on any atom is -0.493 e. The number of thioether (sulfide) groups is 1. The van der Waals surface area contributed by atoms with Crippen LogP contribution in [0.25, 0.3) is 22.3 Å². The largest absolute Gasteiger partial charge is 0.493 e. The molecule has 2 heterocycles. The third-order valence-corrected chi connectivity index (χ3v) is 6.08. The first-order chi connectivity index (χ1) is 14.2. The summed E-state index contributed by atoms with van der Waals surface area (Å²) in [7, 11) is 4.82. The van der Waals surface area contributed by atoms with Crippen LogP contribution in [0.3, 0.4) is 0 Å². The van der Waals surface area contributed by atoms with Crippen molar-refractivity contribution in [2.24, 2.45) is 0 Å². The Labute approximate surface area is 179 Å². The Kier molecular flexibility index (Phi) is 5.87. The van der Waals surface area contributed by atoms with Crippen molar-refractivity contribution in [2.75, 3.05) is 50.8 Å². The van der Waals surface area contributed by atoms with E-state index in [4.69, 9.17) is 35.8 Å². The Balaban J connectivity index is 2.01. The highest BCUT2D eigenvalue weighted by Gasteiger charge is 2.24. The number of aromatic nitrogens is 2. The number of fused-ring (bicyclic) bond motifs is 1. The summed E-state index contributed by atoms with van der Waals surface area (Å²) in [6, 6.07) is 9.46. The third-order valence-electron chi connectivity index (χ3n) is 4.89. The van der Waals surface area contributed by atoms with E-state index in [2.05, 4.69) is 4.90 Å². The Hall–Kier alpha value is -2.38. The van der Waals surface area contributed by atoms with Crippen molar-refractivity contribution in [1.82, 2.24) is 9.97 Å². The van der Waals surface area contributed by atoms with E-state index in [1.165, 1.54) is 0 Å². The summed E-state index contributed by atoms with van der Waals surface area (Å²) in [5.41, 5.74) is 1.58. The molecule has 29 heavy (non-hydrogen) atoms. The van der Waals surface area contributed by atoms with Crippen LogP contribution in [-0.4, -0.2) is 55.9 Å². The molecular weight excluding hydrogens is 410 g/mol. The molecule has 1 saturated heterocycles. The molecule has 6 nitrogen and oxygen atoms in total. The summed E-state index contributed by atoms with van der Waals surface area (Å²) >= 11 is 8.02. The molecule has 0 saturated carbocycles. The van der Waals surface area contributed by atoms with Gasteiger partial charge in [-0.05, 0) is 30.3 Å². The minimum atomic E-state index is 0.517. The van der Waals surface area contributed by atoms with Crippen LogP contribution in [-0.2, 0) is 0 Å². The van der Waals surface area contributed by atoms with Gasteiger partial charge in [0.1, 0.15) is 11.3 Å². The van der Waals surface area contributed by atoms with Gasteiger partial charge in [-0.2, -0.15) is 11.8 Å². The summed E-state index contributed by atoms with van der Waals surface area (Å²) < 4.78 is 16.8. The van der Waals surface area contributed by atoms with Gasteiger partial charge in [0.05, 0.1) is 26.7 Å². The van der Waals surface area contributed by atoms with E-state index in [-0.39, 0.29) is 0 Å². The van der Waals surface area contributed by atoms with Gasteiger partial charge in [-0.25, -0.2) is 9.97 Å². The van der Waals surface area contributed by atoms with Gasteiger partial charge in [-0.1, -0.05) is 11.6 Å². The molecule has 152 valence electrons. The molecule has 0 spiro atoms. The smallest absolute Gasteiger partial charge is 0.205 e. The second kappa shape index (κ2) is 8.55. The van der Waals surface area contributed by atoms with E-state index in [1.54, 1.807) is 21.3 Å². The lowest BCUT2D eigenvalue weighted by molar-refractivity contribution is 0.327. The maximum absolute atomic E-state index is 6.07. The second-order valence-corrected chi connectivity index (χ2v) is 8.18. The molecule has 8 heteroatoms. The second-order valence-electron chi connectivity index (χ2n) is 6.52. The number of hydrogen-bond acceptors (Lipinski definition) is 7. The molecule has 0 amide bonds. The van der Waals surface area contributed by atoms with Gasteiger partial charge >= 0.3 is 0 Å². The molecule has 1 aliphatic rings. The Bertz CT molecular complexity index is 1020. The lowest BCUT2D eigenvalue weighted by Gasteiger charge is -2.29. The molecule has 0 bridgehead atoms. The van der Waals surface area contributed by atoms with Crippen LogP contribution in [0.5, 0.6) is 17.2 Å². The molecule has 0 unspecified atom stereocenters. The molecule has 1 aromatic heterocycles. The number of anilines is 1. The maximum Gasteiger partial charge on any atom is 0.205 e. The lowest BCUT2D eigenvalue weighted by Crippen LogP contribution is -2.33. The van der Waals surface area contributed by atoms with Gasteiger partial charge in [0.2, 0.25) is 5.75 Å². The van der Waals surface area contributed by atoms with E-state index in [1.807, 2.05) is 42.1 Å². The fourth-order valence-corrected chi connectivity index (χ4v) is 4.49. The topological polar surface area (TPSA) is 56.7 Å². The number of methoxy groups -OCH3 is 3. The van der Waals surface area contributed by atoms with E-state index >= 15 is 0 Å². The predicted octanol–water partition coefficient (Wildman–Crippen LogP) is 4.53. The van der Waals surface area contributed by atoms with Crippen molar-refractivity contribution in [3.05, 3.63) is 35.4 Å². The zero-order chi connectivity index (χ0) is 20.4. The van der Waals surface area contributed by atoms with Gasteiger partial charge in [-0.15, -0.1) is 0 Å². The zero-order valence-electron chi connectivity index (χ0n) is 16.6. The zero-order valence-corrected chi connectivity index (χ0v) is 18.1. The summed E-state index contributed by atoms with van der Waals surface area (Å²) in [5.74, 6) is 5.26. The van der Waals surface area contributed by atoms with Crippen molar-refractivity contribution in [3.63, 3.8) is 0 Å². The molecule has 0 N–H and O–H groups in total. The van der Waals surface area contributed by atoms with E-state index < -0.39 is 0 Å². The number of benzene rings is 2. The number of halogens is 1. The summed E-state index contributed by atoms with van der Waals surface area (Å²) in [4.78, 5) is 12.1. The summed E-state index contributed by atoms with van der Waals surface area (Å²) in [6.45, 7) is 1.85. The van der Waals surface area contributed by atoms with Crippen molar-refractivity contribution < 1.29 is 14.2 Å². The summed E-state index contributed by atoms with van der Waals surface area (Å²) in [6.07, 6.45) is 0. The molecule has 1 fully saturated rings. The predicted molar refractivity (Wildman–Crippen MR) is 119 cm³/mol. The quantitative estimate of drug-likeness (QED) is 0.588. The van der Waals surface area contributed by atoms with Crippen LogP contribution in [0.2, 0.25) is 5.02 Å². The van der Waals surface area contributed by atoms with Gasteiger partial charge in [0.15, 0.2) is 17.3 Å². The monoisotopic (exact) mass is 431 g/mol. The van der Waals surface area contributed by atoms with Crippen molar-refractivity contribution in [2.45, 2.75) is 0 Å². The summed E-state index contributed by atoms with van der Waals surface area (Å²) in [5, 5.41) is 1.55. The number of ether oxygens (including phenoxy) is 3. The SMILES string of the molecule is COc1cc2c(N3CCSCC3)nc(-c3ccc(Cl)cc3)nc2c(OC)c1OC. The first kappa shape index (κ1) is 19.9. The highest BCUT2D eigenvalue weighted by atomic mass is 35.5. The molecule has 0 aliphatic carbocycles. The molecule has 2 aromatic carbocycles. The van der Waals surface area contributed by atoms with Crippen molar-refractivity contribution in [3.8, 4) is 28.6 Å². The standard InChI is InChI=1S/C21H22ClN3O3S/c1-26-16-12-15-17(19(28-3)18(16)27-2)23-20(13-4-6-14(22)7-5-13)24-21(15)25-8-10-29-11-9-25/h4-7,12H,8-11H2,1-3H3. The average Bonchev–Trinajstić information content (AvgIpc) is 2.78. The van der Waals surface area contributed by atoms with E-state index in [9.17, 15) is 0 Å². The molecule has 0 radical (unpaired) electrons. The molecule has 4 rings (SSSR count). The molecule has 3 aromatic rings. The van der Waals surface area contributed by atoms with Gasteiger partial charge in [0.25, 0.3) is 0 Å². The highest BCUT2D eigenvalue weighted by molar-refractivity contribution is 7.99. The fraction of sp³-hybridized carbons (Fsp3) is 0.333. The maximum atomic E-state index is 6.07. The molecular formula is C21H22ClN3O3S. The van der Waals surface area contributed by atoms with Crippen LogP contribution in [0.1, 0.15) is 0 Å². The van der Waals surface area contributed by atoms with Gasteiger partial charge in [0, 0.05) is 35.2 Å². The van der Waals surface area contributed by atoms with Crippen LogP contribution in [0.15, 0.2) is 30.3 Å². The fourth-order valence-electron chi connectivity index (χ4n) is 3.46. The van der Waals surface area contributed by atoms with Crippen molar-refractivity contribution in [1.29, 1.82) is 0 Å². The average molecular weight is 432 g/mol. The number of nitrogens with zero attached hydrogens (tertiary/aromatic N) is 3. The van der Waals surface area contributed by atoms with Gasteiger partial charge in [-0.3, -0.25) is 0 Å². The van der Waals surface area contributed by atoms with E-state index in [0.717, 1.165) is 41.4 Å². The molecule has 0 atom stereocenters. The number of rotatable bonds is 5. The third kappa shape index (κ3) is 3.76. The van der Waals surface area contributed by atoms with Crippen LogP contribution in [0.4, 0.5) is 5.82 Å². The van der Waals surface area contributed by atoms with E-state index in [0.29, 0.717) is 33.6 Å². The Morgan fingerprint density at radius 2 is 1.62 bits per heavy atom. The first-order valence-corrected chi connectivity index (χ1v) is 10.8. The highest BCUT2D eigenvalue weighted by Crippen LogP contribution is 2.45. The Morgan fingerprint density at radius 3 is 2.24 bits per heavy atom. The normalized spacial score (nSPS) is 14.1. The van der Waals surface area contributed by atoms with Gasteiger partial charge < -0.3 is 19.1 Å². The minimum absolute atomic E-state index is 0.517. The Morgan fingerprint density at radius 1 is 0.931 bits per heavy atom. The van der Waals surface area contributed by atoms with Crippen molar-refractivity contribution >= 4 is 40.1 Å². The van der Waals surface area contributed by atoms with Crippen LogP contribution < -0.4 is 19.1 Å². The number of hydrogen-bond donors (Lipinski definition) is 0. The van der Waals surface area contributed by atoms with Crippen LogP contribution in [0, 0.1) is 0 Å². The van der Waals surface area contributed by atoms with Crippen LogP contribution >= 0.6 is 23.4 Å². The lowest BCUT2D eigenvalue weighted by atomic mass is 10.1. The molecule has 1 aliphatic heterocycles.